The predicted octanol–water partition coefficient (Wildman–Crippen LogP) is 4.41. The predicted molar refractivity (Wildman–Crippen MR) is 118 cm³/mol. The first-order chi connectivity index (χ1) is 13.2. The Bertz CT molecular complexity index is 805. The topological polar surface area (TPSA) is 35.6 Å². The molecule has 0 fully saturated rings. The molecule has 0 bridgehead atoms. The van der Waals surface area contributed by atoms with E-state index >= 15 is 0 Å². The van der Waals surface area contributed by atoms with Gasteiger partial charge in [-0.15, -0.1) is 0 Å². The Morgan fingerprint density at radius 2 is 1.79 bits per heavy atom. The summed E-state index contributed by atoms with van der Waals surface area (Å²) in [5, 5.41) is 3.19. The third-order valence-corrected chi connectivity index (χ3v) is 5.28. The van der Waals surface area contributed by atoms with Crippen LogP contribution in [0, 0.1) is 5.41 Å². The van der Waals surface area contributed by atoms with Gasteiger partial charge in [-0.3, -0.25) is 4.79 Å². The monoisotopic (exact) mass is 379 g/mol. The molecule has 0 saturated carbocycles. The summed E-state index contributed by atoms with van der Waals surface area (Å²) in [7, 11) is 4.10. The third-order valence-electron chi connectivity index (χ3n) is 5.28. The van der Waals surface area contributed by atoms with E-state index in [1.165, 1.54) is 22.5 Å². The molecule has 0 saturated heterocycles. The van der Waals surface area contributed by atoms with Crippen molar-refractivity contribution in [3.05, 3.63) is 59.7 Å². The van der Waals surface area contributed by atoms with Crippen LogP contribution in [0.2, 0.25) is 0 Å². The summed E-state index contributed by atoms with van der Waals surface area (Å²) in [5.74, 6) is 0.120. The van der Waals surface area contributed by atoms with Gasteiger partial charge in [-0.05, 0) is 41.2 Å². The summed E-state index contributed by atoms with van der Waals surface area (Å²) < 4.78 is 0. The molecule has 0 aromatic heterocycles. The largest absolute Gasteiger partial charge is 0.378 e. The lowest BCUT2D eigenvalue weighted by atomic mass is 9.92. The average molecular weight is 380 g/mol. The zero-order valence-electron chi connectivity index (χ0n) is 17.8. The van der Waals surface area contributed by atoms with Gasteiger partial charge < -0.3 is 15.1 Å². The van der Waals surface area contributed by atoms with Crippen LogP contribution in [0.25, 0.3) is 0 Å². The zero-order chi connectivity index (χ0) is 20.3. The van der Waals surface area contributed by atoms with Gasteiger partial charge in [0.25, 0.3) is 0 Å². The van der Waals surface area contributed by atoms with E-state index in [0.29, 0.717) is 13.0 Å². The van der Waals surface area contributed by atoms with E-state index in [4.69, 9.17) is 0 Å². The zero-order valence-corrected chi connectivity index (χ0v) is 17.8. The van der Waals surface area contributed by atoms with Crippen molar-refractivity contribution in [3.8, 4) is 0 Å². The van der Waals surface area contributed by atoms with Crippen LogP contribution in [-0.4, -0.2) is 33.1 Å². The first-order valence-corrected chi connectivity index (χ1v) is 10.1. The van der Waals surface area contributed by atoms with E-state index in [1.54, 1.807) is 0 Å². The normalized spacial score (nSPS) is 14.5. The van der Waals surface area contributed by atoms with Gasteiger partial charge in [0.05, 0.1) is 6.04 Å². The van der Waals surface area contributed by atoms with Gasteiger partial charge in [0.15, 0.2) is 0 Å². The Hall–Kier alpha value is -2.49. The van der Waals surface area contributed by atoms with Crippen LogP contribution in [0.3, 0.4) is 0 Å². The van der Waals surface area contributed by atoms with E-state index in [1.807, 2.05) is 0 Å². The second-order valence-electron chi connectivity index (χ2n) is 9.12. The molecule has 0 aliphatic carbocycles. The maximum atomic E-state index is 12.5. The molecule has 4 heteroatoms. The molecule has 28 heavy (non-hydrogen) atoms. The lowest BCUT2D eigenvalue weighted by molar-refractivity contribution is -0.122. The minimum Gasteiger partial charge on any atom is -0.378 e. The lowest BCUT2D eigenvalue weighted by Crippen LogP contribution is -2.38. The Morgan fingerprint density at radius 1 is 1.11 bits per heavy atom. The Morgan fingerprint density at radius 3 is 2.43 bits per heavy atom. The molecule has 2 aromatic rings. The number of nitrogens with one attached hydrogen (secondary N) is 1. The van der Waals surface area contributed by atoms with Gasteiger partial charge in [-0.1, -0.05) is 51.1 Å². The maximum Gasteiger partial charge on any atom is 0.220 e. The van der Waals surface area contributed by atoms with E-state index in [0.717, 1.165) is 13.0 Å². The molecule has 0 unspecified atom stereocenters. The Balaban J connectivity index is 1.83. The van der Waals surface area contributed by atoms with Crippen LogP contribution in [0.5, 0.6) is 0 Å². The van der Waals surface area contributed by atoms with Crippen molar-refractivity contribution in [1.82, 2.24) is 5.32 Å². The van der Waals surface area contributed by atoms with E-state index in [9.17, 15) is 4.79 Å². The fourth-order valence-electron chi connectivity index (χ4n) is 3.84. The summed E-state index contributed by atoms with van der Waals surface area (Å²) in [4.78, 5) is 17.0. The number of para-hydroxylation sites is 1. The van der Waals surface area contributed by atoms with E-state index in [-0.39, 0.29) is 17.4 Å². The van der Waals surface area contributed by atoms with E-state index < -0.39 is 0 Å². The number of amides is 1. The first-order valence-electron chi connectivity index (χ1n) is 10.1. The highest BCUT2D eigenvalue weighted by Gasteiger charge is 2.28. The number of hydrogen-bond acceptors (Lipinski definition) is 3. The van der Waals surface area contributed by atoms with Crippen molar-refractivity contribution in [2.24, 2.45) is 5.41 Å². The van der Waals surface area contributed by atoms with Crippen molar-refractivity contribution in [2.75, 3.05) is 37.0 Å². The fourth-order valence-corrected chi connectivity index (χ4v) is 3.84. The molecule has 0 spiro atoms. The Labute approximate surface area is 169 Å². The second kappa shape index (κ2) is 8.26. The van der Waals surface area contributed by atoms with Crippen molar-refractivity contribution in [2.45, 2.75) is 39.7 Å². The second-order valence-corrected chi connectivity index (χ2v) is 9.12. The van der Waals surface area contributed by atoms with Crippen LogP contribution in [0.4, 0.5) is 11.4 Å². The van der Waals surface area contributed by atoms with Gasteiger partial charge in [-0.25, -0.2) is 0 Å². The molecule has 1 aliphatic heterocycles. The minimum absolute atomic E-state index is 0.00676. The van der Waals surface area contributed by atoms with E-state index in [2.05, 4.69) is 98.5 Å². The van der Waals surface area contributed by atoms with Gasteiger partial charge >= 0.3 is 0 Å². The molecule has 2 aromatic carbocycles. The summed E-state index contributed by atoms with van der Waals surface area (Å²) in [6.45, 7) is 7.89. The molecule has 1 heterocycles. The molecule has 4 nitrogen and oxygen atoms in total. The summed E-state index contributed by atoms with van der Waals surface area (Å²) in [6.07, 6.45) is 1.59. The number of fused-ring (bicyclic) bond motifs is 1. The van der Waals surface area contributed by atoms with Gasteiger partial charge in [0, 0.05) is 45.0 Å². The molecular formula is C24H33N3O. The van der Waals surface area contributed by atoms with Crippen molar-refractivity contribution in [3.63, 3.8) is 0 Å². The number of benzene rings is 2. The third kappa shape index (κ3) is 4.86. The molecule has 1 aliphatic rings. The summed E-state index contributed by atoms with van der Waals surface area (Å²) in [5.41, 5.74) is 5.08. The van der Waals surface area contributed by atoms with Crippen molar-refractivity contribution in [1.29, 1.82) is 0 Å². The van der Waals surface area contributed by atoms with Gasteiger partial charge in [0.2, 0.25) is 5.91 Å². The number of nitrogens with zero attached hydrogens (tertiary/aromatic N) is 2. The quantitative estimate of drug-likeness (QED) is 0.808. The molecule has 1 N–H and O–H groups in total. The summed E-state index contributed by atoms with van der Waals surface area (Å²) >= 11 is 0. The smallest absolute Gasteiger partial charge is 0.220 e. The van der Waals surface area contributed by atoms with Crippen LogP contribution < -0.4 is 15.1 Å². The SMILES string of the molecule is CN(C)c1ccc([C@@H](CNC(=O)CC(C)(C)C)N2CCc3ccccc32)cc1. The minimum atomic E-state index is -0.00676. The highest BCUT2D eigenvalue weighted by Crippen LogP contribution is 2.35. The van der Waals surface area contributed by atoms with Crippen LogP contribution in [0.1, 0.15) is 44.4 Å². The number of carbonyl (C=O) groups is 1. The van der Waals surface area contributed by atoms with Crippen molar-refractivity contribution >= 4 is 17.3 Å². The van der Waals surface area contributed by atoms with Crippen LogP contribution in [-0.2, 0) is 11.2 Å². The van der Waals surface area contributed by atoms with Crippen LogP contribution in [0.15, 0.2) is 48.5 Å². The Kier molecular flexibility index (Phi) is 5.97. The molecule has 3 rings (SSSR count). The lowest BCUT2D eigenvalue weighted by Gasteiger charge is -2.32. The first kappa shape index (κ1) is 20.2. The summed E-state index contributed by atoms with van der Waals surface area (Å²) in [6, 6.07) is 17.4. The molecule has 0 radical (unpaired) electrons. The number of anilines is 2. The van der Waals surface area contributed by atoms with Gasteiger partial charge in [-0.2, -0.15) is 0 Å². The molecule has 150 valence electrons. The fraction of sp³-hybridized carbons (Fsp3) is 0.458. The molecular weight excluding hydrogens is 346 g/mol. The van der Waals surface area contributed by atoms with Gasteiger partial charge in [0.1, 0.15) is 0 Å². The number of hydrogen-bond donors (Lipinski definition) is 1. The highest BCUT2D eigenvalue weighted by molar-refractivity contribution is 5.76. The number of carbonyl (C=O) groups excluding carboxylic acids is 1. The highest BCUT2D eigenvalue weighted by atomic mass is 16.1. The van der Waals surface area contributed by atoms with Crippen LogP contribution >= 0.6 is 0 Å². The maximum absolute atomic E-state index is 12.5. The molecule has 1 amide bonds. The standard InChI is InChI=1S/C24H33N3O/c1-24(2,3)16-23(28)25-17-22(19-10-12-20(13-11-19)26(4)5)27-15-14-18-8-6-7-9-21(18)27/h6-13,22H,14-17H2,1-5H3,(H,25,28)/t22-/m1/s1. The van der Waals surface area contributed by atoms with Crippen molar-refractivity contribution < 1.29 is 4.79 Å². The average Bonchev–Trinajstić information content (AvgIpc) is 3.05. The molecule has 1 atom stereocenters. The number of rotatable bonds is 6.